The van der Waals surface area contributed by atoms with Crippen molar-refractivity contribution in [2.24, 2.45) is 0 Å². The number of carbonyl (C=O) groups is 1. The molecule has 0 aliphatic rings. The SMILES string of the molecule is COc1ccc(C(=O)CSc2nnc(-c3ccc(C)c(C)c3)o2)cc1F. The maximum Gasteiger partial charge on any atom is 0.277 e. The highest BCUT2D eigenvalue weighted by Gasteiger charge is 2.14. The lowest BCUT2D eigenvalue weighted by atomic mass is 10.1. The monoisotopic (exact) mass is 372 g/mol. The fraction of sp³-hybridized carbons (Fsp3) is 0.211. The van der Waals surface area contributed by atoms with E-state index < -0.39 is 5.82 Å². The quantitative estimate of drug-likeness (QED) is 0.470. The van der Waals surface area contributed by atoms with Gasteiger partial charge in [0.2, 0.25) is 5.89 Å². The van der Waals surface area contributed by atoms with E-state index in [1.807, 2.05) is 32.0 Å². The van der Waals surface area contributed by atoms with Gasteiger partial charge in [-0.2, -0.15) is 0 Å². The first-order valence-corrected chi connectivity index (χ1v) is 8.87. The van der Waals surface area contributed by atoms with Gasteiger partial charge in [-0.3, -0.25) is 4.79 Å². The summed E-state index contributed by atoms with van der Waals surface area (Å²) in [6.45, 7) is 4.04. The summed E-state index contributed by atoms with van der Waals surface area (Å²) in [5, 5.41) is 8.27. The van der Waals surface area contributed by atoms with Gasteiger partial charge in [-0.15, -0.1) is 10.2 Å². The van der Waals surface area contributed by atoms with E-state index in [2.05, 4.69) is 10.2 Å². The molecule has 1 heterocycles. The van der Waals surface area contributed by atoms with Gasteiger partial charge in [-0.25, -0.2) is 4.39 Å². The van der Waals surface area contributed by atoms with Crippen LogP contribution in [-0.2, 0) is 0 Å². The van der Waals surface area contributed by atoms with Crippen molar-refractivity contribution in [2.45, 2.75) is 19.1 Å². The van der Waals surface area contributed by atoms with E-state index in [-0.39, 0.29) is 22.8 Å². The first-order chi connectivity index (χ1) is 12.5. The number of thioether (sulfide) groups is 1. The number of nitrogens with zero attached hydrogens (tertiary/aromatic N) is 2. The molecule has 0 N–H and O–H groups in total. The van der Waals surface area contributed by atoms with Crippen molar-refractivity contribution in [3.63, 3.8) is 0 Å². The normalized spacial score (nSPS) is 10.8. The Kier molecular flexibility index (Phi) is 5.37. The highest BCUT2D eigenvalue weighted by atomic mass is 32.2. The molecule has 1 aromatic heterocycles. The summed E-state index contributed by atoms with van der Waals surface area (Å²) in [5.74, 6) is -0.233. The highest BCUT2D eigenvalue weighted by Crippen LogP contribution is 2.26. The van der Waals surface area contributed by atoms with Gasteiger partial charge in [-0.1, -0.05) is 17.8 Å². The summed E-state index contributed by atoms with van der Waals surface area (Å²) < 4.78 is 24.2. The maximum atomic E-state index is 13.7. The van der Waals surface area contributed by atoms with E-state index in [1.54, 1.807) is 0 Å². The smallest absolute Gasteiger partial charge is 0.277 e. The van der Waals surface area contributed by atoms with Crippen LogP contribution in [0.5, 0.6) is 5.75 Å². The van der Waals surface area contributed by atoms with Gasteiger partial charge in [-0.05, 0) is 55.3 Å². The molecule has 0 saturated carbocycles. The number of ketones is 1. The van der Waals surface area contributed by atoms with Crippen LogP contribution in [0.1, 0.15) is 21.5 Å². The molecule has 0 radical (unpaired) electrons. The summed E-state index contributed by atoms with van der Waals surface area (Å²) in [4.78, 5) is 12.2. The number of carbonyl (C=O) groups excluding carboxylic acids is 1. The highest BCUT2D eigenvalue weighted by molar-refractivity contribution is 7.99. The molecule has 0 fully saturated rings. The minimum atomic E-state index is -0.571. The molecule has 5 nitrogen and oxygen atoms in total. The fourth-order valence-electron chi connectivity index (χ4n) is 2.31. The molecule has 0 unspecified atom stereocenters. The van der Waals surface area contributed by atoms with Crippen LogP contribution in [0.4, 0.5) is 4.39 Å². The van der Waals surface area contributed by atoms with Gasteiger partial charge in [0.05, 0.1) is 12.9 Å². The Morgan fingerprint density at radius 1 is 1.15 bits per heavy atom. The van der Waals surface area contributed by atoms with Crippen LogP contribution in [0.25, 0.3) is 11.5 Å². The largest absolute Gasteiger partial charge is 0.494 e. The molecule has 0 spiro atoms. The molecule has 0 aliphatic carbocycles. The van der Waals surface area contributed by atoms with Crippen molar-refractivity contribution in [1.29, 1.82) is 0 Å². The molecule has 2 aromatic carbocycles. The molecule has 3 rings (SSSR count). The average Bonchev–Trinajstić information content (AvgIpc) is 3.11. The van der Waals surface area contributed by atoms with Crippen LogP contribution >= 0.6 is 11.8 Å². The fourth-order valence-corrected chi connectivity index (χ4v) is 2.97. The standard InChI is InChI=1S/C19H17FN2O3S/c1-11-4-5-14(8-12(11)2)18-21-22-19(25-18)26-10-16(23)13-6-7-17(24-3)15(20)9-13/h4-9H,10H2,1-3H3. The number of benzene rings is 2. The van der Waals surface area contributed by atoms with Crippen LogP contribution in [0.15, 0.2) is 46.0 Å². The van der Waals surface area contributed by atoms with E-state index in [0.29, 0.717) is 11.1 Å². The lowest BCUT2D eigenvalue weighted by Gasteiger charge is -2.04. The lowest BCUT2D eigenvalue weighted by Crippen LogP contribution is -2.03. The summed E-state index contributed by atoms with van der Waals surface area (Å²) in [5.41, 5.74) is 3.41. The van der Waals surface area contributed by atoms with Crippen molar-refractivity contribution in [3.8, 4) is 17.2 Å². The minimum absolute atomic E-state index is 0.0698. The number of aromatic nitrogens is 2. The number of hydrogen-bond donors (Lipinski definition) is 0. The number of hydrogen-bond acceptors (Lipinski definition) is 6. The number of halogens is 1. The van der Waals surface area contributed by atoms with Crippen molar-refractivity contribution < 1.29 is 18.3 Å². The summed E-state index contributed by atoms with van der Waals surface area (Å²) in [6.07, 6.45) is 0. The Morgan fingerprint density at radius 3 is 2.65 bits per heavy atom. The Balaban J connectivity index is 1.67. The molecule has 3 aromatic rings. The zero-order valence-electron chi connectivity index (χ0n) is 14.6. The number of Topliss-reactive ketones (excluding diaryl/α,β-unsaturated/α-hetero) is 1. The molecule has 0 amide bonds. The Hall–Kier alpha value is -2.67. The van der Waals surface area contributed by atoms with Crippen LogP contribution in [0.3, 0.4) is 0 Å². The molecule has 0 aliphatic heterocycles. The van der Waals surface area contributed by atoms with Gasteiger partial charge < -0.3 is 9.15 Å². The topological polar surface area (TPSA) is 65.2 Å². The molecule has 7 heteroatoms. The van der Waals surface area contributed by atoms with E-state index in [9.17, 15) is 9.18 Å². The number of aryl methyl sites for hydroxylation is 2. The van der Waals surface area contributed by atoms with Gasteiger partial charge in [0.15, 0.2) is 17.3 Å². The third kappa shape index (κ3) is 3.94. The van der Waals surface area contributed by atoms with Gasteiger partial charge in [0.25, 0.3) is 5.22 Å². The molecule has 134 valence electrons. The predicted octanol–water partition coefficient (Wildman–Crippen LogP) is 4.48. The van der Waals surface area contributed by atoms with Crippen molar-refractivity contribution in [2.75, 3.05) is 12.9 Å². The molecule has 0 bridgehead atoms. The van der Waals surface area contributed by atoms with Gasteiger partial charge in [0.1, 0.15) is 0 Å². The molecule has 0 saturated heterocycles. The van der Waals surface area contributed by atoms with E-state index >= 15 is 0 Å². The third-order valence-electron chi connectivity index (χ3n) is 3.96. The first kappa shape index (κ1) is 18.1. The Labute approximate surface area is 154 Å². The summed E-state index contributed by atoms with van der Waals surface area (Å²) >= 11 is 1.12. The number of rotatable bonds is 6. The zero-order valence-corrected chi connectivity index (χ0v) is 15.4. The molecular formula is C19H17FN2O3S. The summed E-state index contributed by atoms with van der Waals surface area (Å²) in [7, 11) is 1.37. The van der Waals surface area contributed by atoms with E-state index in [1.165, 1.54) is 24.8 Å². The summed E-state index contributed by atoms with van der Waals surface area (Å²) in [6, 6.07) is 9.99. The Morgan fingerprint density at radius 2 is 1.96 bits per heavy atom. The predicted molar refractivity (Wildman–Crippen MR) is 97.2 cm³/mol. The van der Waals surface area contributed by atoms with E-state index in [0.717, 1.165) is 29.0 Å². The Bertz CT molecular complexity index is 956. The second kappa shape index (κ2) is 7.70. The number of ether oxygens (including phenoxy) is 1. The molecule has 0 atom stereocenters. The number of methoxy groups -OCH3 is 1. The van der Waals surface area contributed by atoms with E-state index in [4.69, 9.17) is 9.15 Å². The average molecular weight is 372 g/mol. The molecule has 26 heavy (non-hydrogen) atoms. The van der Waals surface area contributed by atoms with Crippen LogP contribution < -0.4 is 4.74 Å². The van der Waals surface area contributed by atoms with Crippen molar-refractivity contribution in [1.82, 2.24) is 10.2 Å². The van der Waals surface area contributed by atoms with Crippen molar-refractivity contribution >= 4 is 17.5 Å². The minimum Gasteiger partial charge on any atom is -0.494 e. The van der Waals surface area contributed by atoms with Gasteiger partial charge in [0, 0.05) is 11.1 Å². The van der Waals surface area contributed by atoms with Crippen LogP contribution in [0.2, 0.25) is 0 Å². The lowest BCUT2D eigenvalue weighted by molar-refractivity contribution is 0.102. The first-order valence-electron chi connectivity index (χ1n) is 7.88. The second-order valence-corrected chi connectivity index (χ2v) is 6.66. The second-order valence-electron chi connectivity index (χ2n) is 5.73. The zero-order chi connectivity index (χ0) is 18.7. The molecular weight excluding hydrogens is 355 g/mol. The van der Waals surface area contributed by atoms with Crippen molar-refractivity contribution in [3.05, 3.63) is 58.9 Å². The van der Waals surface area contributed by atoms with Gasteiger partial charge >= 0.3 is 0 Å². The van der Waals surface area contributed by atoms with Crippen LogP contribution in [0, 0.1) is 19.7 Å². The van der Waals surface area contributed by atoms with Crippen LogP contribution in [-0.4, -0.2) is 28.8 Å². The third-order valence-corrected chi connectivity index (χ3v) is 4.78. The maximum absolute atomic E-state index is 13.7.